The molecule has 0 saturated heterocycles. The Morgan fingerprint density at radius 1 is 0.688 bits per heavy atom. The summed E-state index contributed by atoms with van der Waals surface area (Å²) in [7, 11) is 0. The van der Waals surface area contributed by atoms with Gasteiger partial charge in [-0.25, -0.2) is 9.59 Å². The number of carbonyl (C=O) groups is 5. The van der Waals surface area contributed by atoms with Gasteiger partial charge in [-0.15, -0.1) is 11.8 Å². The highest BCUT2D eigenvalue weighted by molar-refractivity contribution is 8.00. The summed E-state index contributed by atoms with van der Waals surface area (Å²) in [6, 6.07) is 42.3. The number of carboxylic acid groups (broad SMARTS) is 1. The van der Waals surface area contributed by atoms with E-state index in [9.17, 15) is 29.1 Å². The summed E-state index contributed by atoms with van der Waals surface area (Å²) >= 11 is 1.48. The number of carboxylic acids is 1. The molecule has 1 heterocycles. The van der Waals surface area contributed by atoms with Gasteiger partial charge in [-0.1, -0.05) is 159 Å². The number of hydrogen-bond donors (Lipinski definition) is 4. The molecular weight excluding hydrogens is 825 g/mol. The lowest BCUT2D eigenvalue weighted by molar-refractivity contribution is -0.147. The minimum absolute atomic E-state index is 0.0600. The summed E-state index contributed by atoms with van der Waals surface area (Å²) in [5.41, 5.74) is 4.67. The molecule has 0 radical (unpaired) electrons. The topological polar surface area (TPSA) is 154 Å². The molecule has 0 aliphatic carbocycles. The third kappa shape index (κ3) is 11.8. The Balaban J connectivity index is 1.31. The van der Waals surface area contributed by atoms with Crippen molar-refractivity contribution in [1.82, 2.24) is 20.9 Å². The molecule has 1 unspecified atom stereocenters. The van der Waals surface area contributed by atoms with Crippen LogP contribution in [0.1, 0.15) is 74.4 Å². The SMILES string of the molecule is CC(C)[C@H](NC(=O)[C@H](CSC(c1ccccc1)(c1ccccc1)c1ccccc1)NC(=O)OC(C)(C)C)C(=O)N1Cc2ccccc2CC1C(=O)N[C@H](CCc1ccccc1)C(=O)O. The number of amides is 4. The predicted octanol–water partition coefficient (Wildman–Crippen LogP) is 7.90. The van der Waals surface area contributed by atoms with Gasteiger partial charge in [0.15, 0.2) is 0 Å². The average Bonchev–Trinajstić information content (AvgIpc) is 3.29. The normalized spacial score (nSPS) is 15.2. The van der Waals surface area contributed by atoms with E-state index in [1.165, 1.54) is 16.7 Å². The minimum Gasteiger partial charge on any atom is -0.480 e. The molecule has 1 aliphatic heterocycles. The summed E-state index contributed by atoms with van der Waals surface area (Å²) in [5.74, 6) is -3.30. The maximum Gasteiger partial charge on any atom is 0.408 e. The maximum absolute atomic E-state index is 14.9. The second-order valence-electron chi connectivity index (χ2n) is 17.4. The summed E-state index contributed by atoms with van der Waals surface area (Å²) in [6.07, 6.45) is -0.0697. The zero-order valence-electron chi connectivity index (χ0n) is 37.0. The molecule has 334 valence electrons. The van der Waals surface area contributed by atoms with Gasteiger partial charge in [-0.3, -0.25) is 14.4 Å². The third-order valence-corrected chi connectivity index (χ3v) is 12.9. The summed E-state index contributed by atoms with van der Waals surface area (Å²) in [4.78, 5) is 71.4. The fourth-order valence-electron chi connectivity index (χ4n) is 8.03. The molecule has 0 bridgehead atoms. The number of carbonyl (C=O) groups excluding carboxylic acids is 4. The number of hydrogen-bond acceptors (Lipinski definition) is 7. The van der Waals surface area contributed by atoms with Crippen LogP contribution in [0.2, 0.25) is 0 Å². The van der Waals surface area contributed by atoms with Crippen molar-refractivity contribution < 1.29 is 33.8 Å². The first-order chi connectivity index (χ1) is 30.7. The number of thioether (sulfide) groups is 1. The highest BCUT2D eigenvalue weighted by atomic mass is 32.2. The van der Waals surface area contributed by atoms with Crippen LogP contribution in [0, 0.1) is 5.92 Å². The molecule has 1 aliphatic rings. The lowest BCUT2D eigenvalue weighted by Gasteiger charge is -2.39. The van der Waals surface area contributed by atoms with Crippen LogP contribution in [0.4, 0.5) is 4.79 Å². The fourth-order valence-corrected chi connectivity index (χ4v) is 9.59. The molecule has 0 fully saturated rings. The first-order valence-electron chi connectivity index (χ1n) is 21.7. The molecule has 4 N–H and O–H groups in total. The molecular formula is C52H58N4O7S. The van der Waals surface area contributed by atoms with Gasteiger partial charge in [0.2, 0.25) is 17.7 Å². The van der Waals surface area contributed by atoms with Crippen LogP contribution in [0.3, 0.4) is 0 Å². The molecule has 0 saturated carbocycles. The number of alkyl carbamates (subject to hydrolysis) is 1. The van der Waals surface area contributed by atoms with Crippen LogP contribution < -0.4 is 16.0 Å². The van der Waals surface area contributed by atoms with Gasteiger partial charge in [0.25, 0.3) is 0 Å². The van der Waals surface area contributed by atoms with E-state index in [1.807, 2.05) is 146 Å². The van der Waals surface area contributed by atoms with Crippen molar-refractivity contribution in [2.24, 2.45) is 5.92 Å². The van der Waals surface area contributed by atoms with Crippen molar-refractivity contribution >= 4 is 41.5 Å². The van der Waals surface area contributed by atoms with Crippen LogP contribution >= 0.6 is 11.8 Å². The van der Waals surface area contributed by atoms with Gasteiger partial charge in [0.1, 0.15) is 29.8 Å². The zero-order valence-corrected chi connectivity index (χ0v) is 37.8. The number of nitrogens with one attached hydrogen (secondary N) is 3. The number of aryl methyl sites for hydroxylation is 1. The second-order valence-corrected chi connectivity index (χ2v) is 18.6. The average molecular weight is 883 g/mol. The monoisotopic (exact) mass is 882 g/mol. The number of ether oxygens (including phenoxy) is 1. The largest absolute Gasteiger partial charge is 0.480 e. The number of rotatable bonds is 17. The Kier molecular flexibility index (Phi) is 15.7. The van der Waals surface area contributed by atoms with Crippen LogP contribution in [0.25, 0.3) is 0 Å². The lowest BCUT2D eigenvalue weighted by atomic mass is 9.84. The predicted molar refractivity (Wildman–Crippen MR) is 250 cm³/mol. The van der Waals surface area contributed by atoms with Crippen molar-refractivity contribution in [3.8, 4) is 0 Å². The number of nitrogens with zero attached hydrogens (tertiary/aromatic N) is 1. The summed E-state index contributed by atoms with van der Waals surface area (Å²) in [5, 5.41) is 18.7. The standard InChI is InChI=1S/C52H58N4O7S/c1-35(2)45(48(59)56-33-38-23-19-18-22-37(38)32-44(56)47(58)53-42(49(60)61)31-30-36-20-10-6-11-21-36)55-46(57)43(54-50(62)63-51(3,4)5)34-64-52(39-24-12-7-13-25-39,40-26-14-8-15-27-40)41-28-16-9-17-29-41/h6-29,35,42-45H,30-34H2,1-5H3,(H,53,58)(H,54,62)(H,55,57)(H,60,61)/t42-,43+,44?,45+/m1/s1. The van der Waals surface area contributed by atoms with E-state index in [0.29, 0.717) is 6.42 Å². The Labute approximate surface area is 380 Å². The Bertz CT molecular complexity index is 2260. The molecule has 64 heavy (non-hydrogen) atoms. The highest BCUT2D eigenvalue weighted by Gasteiger charge is 2.42. The third-order valence-electron chi connectivity index (χ3n) is 11.3. The molecule has 12 heteroatoms. The van der Waals surface area contributed by atoms with E-state index in [1.54, 1.807) is 34.6 Å². The molecule has 5 aromatic rings. The fraction of sp³-hybridized carbons (Fsp3) is 0.327. The van der Waals surface area contributed by atoms with Gasteiger partial charge in [-0.05, 0) is 72.9 Å². The number of aliphatic carboxylic acids is 1. The van der Waals surface area contributed by atoms with Crippen LogP contribution in [-0.4, -0.2) is 75.3 Å². The van der Waals surface area contributed by atoms with Gasteiger partial charge in [0.05, 0.1) is 4.75 Å². The van der Waals surface area contributed by atoms with E-state index in [2.05, 4.69) is 16.0 Å². The highest BCUT2D eigenvalue weighted by Crippen LogP contribution is 2.48. The minimum atomic E-state index is -1.20. The second kappa shape index (κ2) is 21.3. The van der Waals surface area contributed by atoms with E-state index in [-0.39, 0.29) is 25.1 Å². The molecule has 0 spiro atoms. The van der Waals surface area contributed by atoms with E-state index in [4.69, 9.17) is 4.74 Å². The first-order valence-corrected chi connectivity index (χ1v) is 22.7. The van der Waals surface area contributed by atoms with Crippen molar-refractivity contribution in [1.29, 1.82) is 0 Å². The van der Waals surface area contributed by atoms with E-state index >= 15 is 0 Å². The maximum atomic E-state index is 14.9. The van der Waals surface area contributed by atoms with Gasteiger partial charge in [-0.2, -0.15) is 0 Å². The van der Waals surface area contributed by atoms with E-state index in [0.717, 1.165) is 33.4 Å². The lowest BCUT2D eigenvalue weighted by Crippen LogP contribution is -2.61. The first kappa shape index (κ1) is 47.1. The number of fused-ring (bicyclic) bond motifs is 1. The Hall–Kier alpha value is -6.40. The quantitative estimate of drug-likeness (QED) is 0.0688. The summed E-state index contributed by atoms with van der Waals surface area (Å²) < 4.78 is 4.83. The smallest absolute Gasteiger partial charge is 0.408 e. The van der Waals surface area contributed by atoms with Crippen LogP contribution in [-0.2, 0) is 48.0 Å². The van der Waals surface area contributed by atoms with Crippen molar-refractivity contribution in [2.75, 3.05) is 5.75 Å². The van der Waals surface area contributed by atoms with Gasteiger partial charge in [0, 0.05) is 18.7 Å². The van der Waals surface area contributed by atoms with Gasteiger partial charge >= 0.3 is 12.1 Å². The molecule has 6 rings (SSSR count). The van der Waals surface area contributed by atoms with Crippen LogP contribution in [0.15, 0.2) is 146 Å². The van der Waals surface area contributed by atoms with Crippen LogP contribution in [0.5, 0.6) is 0 Å². The molecule has 4 amide bonds. The molecule has 11 nitrogen and oxygen atoms in total. The zero-order chi connectivity index (χ0) is 45.9. The van der Waals surface area contributed by atoms with Crippen molar-refractivity contribution in [3.63, 3.8) is 0 Å². The number of benzene rings is 5. The molecule has 4 atom stereocenters. The van der Waals surface area contributed by atoms with Crippen molar-refractivity contribution in [2.45, 2.75) is 94.9 Å². The Morgan fingerprint density at radius 3 is 1.69 bits per heavy atom. The molecule has 0 aromatic heterocycles. The summed E-state index contributed by atoms with van der Waals surface area (Å²) in [6.45, 7) is 8.88. The van der Waals surface area contributed by atoms with Gasteiger partial charge < -0.3 is 30.7 Å². The molecule has 5 aromatic carbocycles. The van der Waals surface area contributed by atoms with E-state index < -0.39 is 70.2 Å². The Morgan fingerprint density at radius 2 is 1.19 bits per heavy atom. The van der Waals surface area contributed by atoms with Crippen molar-refractivity contribution in [3.05, 3.63) is 179 Å².